The highest BCUT2D eigenvalue weighted by molar-refractivity contribution is 5.96. The van der Waals surface area contributed by atoms with Gasteiger partial charge in [0.25, 0.3) is 0 Å². The van der Waals surface area contributed by atoms with Crippen LogP contribution >= 0.6 is 0 Å². The van der Waals surface area contributed by atoms with Crippen LogP contribution in [0, 0.1) is 6.92 Å². The van der Waals surface area contributed by atoms with E-state index in [0.29, 0.717) is 6.42 Å². The fourth-order valence-corrected chi connectivity index (χ4v) is 3.27. The van der Waals surface area contributed by atoms with Crippen LogP contribution < -0.4 is 4.74 Å². The number of carbonyl (C=O) groups excluding carboxylic acids is 1. The number of aryl methyl sites for hydroxylation is 2. The van der Waals surface area contributed by atoms with Crippen molar-refractivity contribution in [2.75, 3.05) is 0 Å². The van der Waals surface area contributed by atoms with Crippen LogP contribution in [0.1, 0.15) is 76.0 Å². The molecule has 0 unspecified atom stereocenters. The molecule has 2 rings (SSSR count). The summed E-state index contributed by atoms with van der Waals surface area (Å²) in [5.74, 6) is 2.02. The Kier molecular flexibility index (Phi) is 6.44. The Hall–Kier alpha value is -1.57. The molecular formula is C21H30O2. The zero-order valence-corrected chi connectivity index (χ0v) is 15.1. The molecule has 23 heavy (non-hydrogen) atoms. The number of ether oxygens (including phenoxy) is 1. The third-order valence-corrected chi connectivity index (χ3v) is 4.71. The van der Waals surface area contributed by atoms with E-state index in [1.165, 1.54) is 36.0 Å². The molecule has 0 radical (unpaired) electrons. The summed E-state index contributed by atoms with van der Waals surface area (Å²) in [7, 11) is 0. The lowest BCUT2D eigenvalue weighted by Crippen LogP contribution is -2.16. The molecule has 2 heteroatoms. The molecule has 0 bridgehead atoms. The summed E-state index contributed by atoms with van der Waals surface area (Å²) in [6.07, 6.45) is 8.29. The standard InChI is InChI=1S/C21H30O2/c1-5-7-8-9-10-11-20(22)19-14-18-13-17(6-2)12-15(3)21(18)23-16(19)4/h12-13H,5-11,14H2,1-4H3. The first-order chi connectivity index (χ1) is 11.1. The van der Waals surface area contributed by atoms with Gasteiger partial charge in [0.15, 0.2) is 5.78 Å². The van der Waals surface area contributed by atoms with Gasteiger partial charge in [-0.25, -0.2) is 0 Å². The van der Waals surface area contributed by atoms with Crippen LogP contribution in [0.4, 0.5) is 0 Å². The van der Waals surface area contributed by atoms with Crippen molar-refractivity contribution >= 4 is 5.78 Å². The average molecular weight is 314 g/mol. The van der Waals surface area contributed by atoms with Gasteiger partial charge >= 0.3 is 0 Å². The van der Waals surface area contributed by atoms with Crippen molar-refractivity contribution in [1.82, 2.24) is 0 Å². The summed E-state index contributed by atoms with van der Waals surface area (Å²) >= 11 is 0. The summed E-state index contributed by atoms with van der Waals surface area (Å²) in [6, 6.07) is 4.38. The summed E-state index contributed by atoms with van der Waals surface area (Å²) in [5, 5.41) is 0. The molecule has 1 aliphatic rings. The van der Waals surface area contributed by atoms with Crippen LogP contribution in [0.2, 0.25) is 0 Å². The number of benzene rings is 1. The maximum Gasteiger partial charge on any atom is 0.162 e. The van der Waals surface area contributed by atoms with E-state index in [2.05, 4.69) is 32.9 Å². The molecule has 0 saturated carbocycles. The minimum Gasteiger partial charge on any atom is -0.461 e. The van der Waals surface area contributed by atoms with E-state index in [9.17, 15) is 4.79 Å². The molecule has 0 atom stereocenters. The number of hydrogen-bond acceptors (Lipinski definition) is 2. The highest BCUT2D eigenvalue weighted by Crippen LogP contribution is 2.35. The van der Waals surface area contributed by atoms with Crippen molar-refractivity contribution in [3.63, 3.8) is 0 Å². The number of hydrogen-bond donors (Lipinski definition) is 0. The van der Waals surface area contributed by atoms with E-state index in [0.717, 1.165) is 42.8 Å². The molecule has 0 N–H and O–H groups in total. The quantitative estimate of drug-likeness (QED) is 0.576. The van der Waals surface area contributed by atoms with E-state index in [-0.39, 0.29) is 5.78 Å². The van der Waals surface area contributed by atoms with E-state index in [4.69, 9.17) is 4.74 Å². The van der Waals surface area contributed by atoms with Crippen LogP contribution in [-0.2, 0) is 17.6 Å². The number of rotatable bonds is 8. The van der Waals surface area contributed by atoms with Gasteiger partial charge in [-0.1, -0.05) is 51.7 Å². The first-order valence-corrected chi connectivity index (χ1v) is 9.10. The summed E-state index contributed by atoms with van der Waals surface area (Å²) in [6.45, 7) is 8.39. The maximum atomic E-state index is 12.6. The van der Waals surface area contributed by atoms with Crippen molar-refractivity contribution in [2.24, 2.45) is 0 Å². The fourth-order valence-electron chi connectivity index (χ4n) is 3.27. The number of ketones is 1. The second-order valence-corrected chi connectivity index (χ2v) is 6.66. The van der Waals surface area contributed by atoms with Crippen molar-refractivity contribution < 1.29 is 9.53 Å². The Labute approximate surface area is 140 Å². The summed E-state index contributed by atoms with van der Waals surface area (Å²) < 4.78 is 6.00. The highest BCUT2D eigenvalue weighted by Gasteiger charge is 2.23. The van der Waals surface area contributed by atoms with Gasteiger partial charge in [-0.3, -0.25) is 4.79 Å². The first-order valence-electron chi connectivity index (χ1n) is 9.10. The molecule has 1 aliphatic heterocycles. The van der Waals surface area contributed by atoms with Crippen LogP contribution in [0.5, 0.6) is 5.75 Å². The lowest BCUT2D eigenvalue weighted by atomic mass is 9.92. The van der Waals surface area contributed by atoms with Gasteiger partial charge in [0, 0.05) is 18.4 Å². The molecule has 2 nitrogen and oxygen atoms in total. The Morgan fingerprint density at radius 2 is 1.83 bits per heavy atom. The predicted octanol–water partition coefficient (Wildman–Crippen LogP) is 5.70. The van der Waals surface area contributed by atoms with Gasteiger partial charge in [0.1, 0.15) is 11.5 Å². The zero-order valence-electron chi connectivity index (χ0n) is 15.1. The van der Waals surface area contributed by atoms with Gasteiger partial charge in [0.05, 0.1) is 0 Å². The highest BCUT2D eigenvalue weighted by atomic mass is 16.5. The molecule has 0 fully saturated rings. The molecule has 0 aliphatic carbocycles. The molecular weight excluding hydrogens is 284 g/mol. The molecule has 1 aromatic carbocycles. The van der Waals surface area contributed by atoms with Crippen LogP contribution in [-0.4, -0.2) is 5.78 Å². The molecule has 0 amide bonds. The van der Waals surface area contributed by atoms with Gasteiger partial charge < -0.3 is 4.74 Å². The fraction of sp³-hybridized carbons (Fsp3) is 0.571. The number of Topliss-reactive ketones (excluding diaryl/α,β-unsaturated/α-hetero) is 1. The van der Waals surface area contributed by atoms with Gasteiger partial charge in [0.2, 0.25) is 0 Å². The monoisotopic (exact) mass is 314 g/mol. The minimum atomic E-state index is 0.268. The maximum absolute atomic E-state index is 12.6. The minimum absolute atomic E-state index is 0.268. The summed E-state index contributed by atoms with van der Waals surface area (Å²) in [5.41, 5.74) is 4.53. The second-order valence-electron chi connectivity index (χ2n) is 6.66. The Bertz CT molecular complexity index is 596. The van der Waals surface area contributed by atoms with Crippen molar-refractivity contribution in [3.8, 4) is 5.75 Å². The number of unbranched alkanes of at least 4 members (excludes halogenated alkanes) is 4. The lowest BCUT2D eigenvalue weighted by molar-refractivity contribution is -0.116. The molecule has 126 valence electrons. The first kappa shape index (κ1) is 17.8. The number of carbonyl (C=O) groups is 1. The third kappa shape index (κ3) is 4.46. The smallest absolute Gasteiger partial charge is 0.162 e. The molecule has 1 aromatic rings. The molecule has 1 heterocycles. The van der Waals surface area contributed by atoms with Crippen molar-refractivity contribution in [1.29, 1.82) is 0 Å². The van der Waals surface area contributed by atoms with E-state index >= 15 is 0 Å². The summed E-state index contributed by atoms with van der Waals surface area (Å²) in [4.78, 5) is 12.6. The predicted molar refractivity (Wildman–Crippen MR) is 96.0 cm³/mol. The normalized spacial score (nSPS) is 13.7. The van der Waals surface area contributed by atoms with Crippen LogP contribution in [0.3, 0.4) is 0 Å². The average Bonchev–Trinajstić information content (AvgIpc) is 2.54. The molecule has 0 aromatic heterocycles. The van der Waals surface area contributed by atoms with Gasteiger partial charge in [-0.15, -0.1) is 0 Å². The second kappa shape index (κ2) is 8.33. The Morgan fingerprint density at radius 3 is 2.52 bits per heavy atom. The van der Waals surface area contributed by atoms with Gasteiger partial charge in [-0.05, 0) is 43.4 Å². The zero-order chi connectivity index (χ0) is 16.8. The Morgan fingerprint density at radius 1 is 1.09 bits per heavy atom. The van der Waals surface area contributed by atoms with E-state index in [1.807, 2.05) is 6.92 Å². The number of fused-ring (bicyclic) bond motifs is 1. The van der Waals surface area contributed by atoms with Crippen LogP contribution in [0.25, 0.3) is 0 Å². The topological polar surface area (TPSA) is 26.3 Å². The molecule has 0 spiro atoms. The van der Waals surface area contributed by atoms with Gasteiger partial charge in [-0.2, -0.15) is 0 Å². The SMILES string of the molecule is CCCCCCCC(=O)C1=C(C)Oc2c(C)cc(CC)cc2C1. The van der Waals surface area contributed by atoms with E-state index in [1.54, 1.807) is 0 Å². The molecule has 0 saturated heterocycles. The largest absolute Gasteiger partial charge is 0.461 e. The third-order valence-electron chi connectivity index (χ3n) is 4.71. The van der Waals surface area contributed by atoms with Crippen molar-refractivity contribution in [2.45, 2.75) is 79.1 Å². The van der Waals surface area contributed by atoms with E-state index < -0.39 is 0 Å². The van der Waals surface area contributed by atoms with Crippen LogP contribution in [0.15, 0.2) is 23.5 Å². The Balaban J connectivity index is 2.04. The lowest BCUT2D eigenvalue weighted by Gasteiger charge is -2.23. The number of allylic oxidation sites excluding steroid dienone is 2. The van der Waals surface area contributed by atoms with Crippen molar-refractivity contribution in [3.05, 3.63) is 40.2 Å².